The molecule has 3 heterocycles. The van der Waals surface area contributed by atoms with E-state index in [2.05, 4.69) is 28.4 Å². The molecule has 1 aromatic carbocycles. The zero-order chi connectivity index (χ0) is 22.6. The second kappa shape index (κ2) is 8.24. The Hall–Kier alpha value is -1.63. The van der Waals surface area contributed by atoms with E-state index in [0.717, 1.165) is 60.3 Å². The van der Waals surface area contributed by atoms with Crippen molar-refractivity contribution in [2.24, 2.45) is 5.41 Å². The molecule has 2 aromatic rings. The lowest BCUT2D eigenvalue weighted by atomic mass is 9.65. The molecule has 7 heteroatoms. The van der Waals surface area contributed by atoms with Gasteiger partial charge in [-0.15, -0.1) is 0 Å². The first kappa shape index (κ1) is 21.9. The third-order valence-corrected chi connectivity index (χ3v) is 10.3. The van der Waals surface area contributed by atoms with Gasteiger partial charge in [0.15, 0.2) is 0 Å². The summed E-state index contributed by atoms with van der Waals surface area (Å²) < 4.78 is 12.7. The minimum absolute atomic E-state index is 0.0991. The molecule has 2 saturated carbocycles. The van der Waals surface area contributed by atoms with Gasteiger partial charge in [-0.05, 0) is 86.6 Å². The second-order valence-electron chi connectivity index (χ2n) is 10.7. The normalized spacial score (nSPS) is 25.4. The molecule has 0 amide bonds. The first-order valence-corrected chi connectivity index (χ1v) is 14.0. The molecule has 1 spiro atoms. The Morgan fingerprint density at radius 2 is 1.88 bits per heavy atom. The molecule has 33 heavy (non-hydrogen) atoms. The van der Waals surface area contributed by atoms with Gasteiger partial charge in [0.1, 0.15) is 11.6 Å². The van der Waals surface area contributed by atoms with Gasteiger partial charge >= 0.3 is 0 Å². The van der Waals surface area contributed by atoms with E-state index in [9.17, 15) is 9.32 Å². The highest BCUT2D eigenvalue weighted by atomic mass is 35.5. The molecular weight excluding hydrogens is 454 g/mol. The molecule has 176 valence electrons. The number of hydrogen-bond donors (Lipinski definition) is 2. The van der Waals surface area contributed by atoms with Gasteiger partial charge in [-0.25, -0.2) is 4.98 Å². The summed E-state index contributed by atoms with van der Waals surface area (Å²) in [6.07, 6.45) is 8.83. The number of rotatable bonds is 5. The average molecular weight is 486 g/mol. The van der Waals surface area contributed by atoms with Crippen LogP contribution in [0.25, 0.3) is 0 Å². The van der Waals surface area contributed by atoms with E-state index in [4.69, 9.17) is 16.6 Å². The lowest BCUT2D eigenvalue weighted by Gasteiger charge is -2.54. The maximum atomic E-state index is 12.7. The molecule has 0 unspecified atom stereocenters. The number of nitrogens with one attached hydrogen (secondary N) is 1. The predicted octanol–water partition coefficient (Wildman–Crippen LogP) is 4.89. The number of aliphatic hydroxyl groups excluding tert-OH is 1. The van der Waals surface area contributed by atoms with E-state index in [0.29, 0.717) is 17.1 Å². The maximum absolute atomic E-state index is 12.7. The summed E-state index contributed by atoms with van der Waals surface area (Å²) in [7, 11) is -0.997. The summed E-state index contributed by atoms with van der Waals surface area (Å²) in [5.74, 6) is 3.08. The van der Waals surface area contributed by atoms with Crippen LogP contribution in [0.3, 0.4) is 0 Å². The number of pyridine rings is 1. The van der Waals surface area contributed by atoms with E-state index in [-0.39, 0.29) is 12.1 Å². The van der Waals surface area contributed by atoms with Crippen LogP contribution in [0.15, 0.2) is 35.2 Å². The van der Waals surface area contributed by atoms with Crippen molar-refractivity contribution in [1.29, 1.82) is 0 Å². The van der Waals surface area contributed by atoms with Gasteiger partial charge in [0.2, 0.25) is 0 Å². The molecule has 0 radical (unpaired) electrons. The summed E-state index contributed by atoms with van der Waals surface area (Å²) in [5, 5.41) is 14.3. The summed E-state index contributed by atoms with van der Waals surface area (Å²) in [4.78, 5) is 8.26. The summed E-state index contributed by atoms with van der Waals surface area (Å²) >= 11 is 6.07. The van der Waals surface area contributed by atoms with Gasteiger partial charge in [0.05, 0.1) is 27.8 Å². The van der Waals surface area contributed by atoms with Crippen molar-refractivity contribution in [3.63, 3.8) is 0 Å². The minimum atomic E-state index is -0.997. The van der Waals surface area contributed by atoms with Gasteiger partial charge < -0.3 is 15.3 Å². The standard InChI is InChI=1S/C26H32ClN3O2S/c27-21-4-2-18(3-5-21)19-6-11-25(12-7-19)15-30(16-25)22-14-20-8-13-33(32)23(20)24(28-22)29-26(17-31)9-1-10-26/h2-5,14,19,31H,1,6-13,15-17H2,(H,28,29)/t33-/m0/s1. The van der Waals surface area contributed by atoms with Crippen molar-refractivity contribution in [2.45, 2.75) is 67.7 Å². The summed E-state index contributed by atoms with van der Waals surface area (Å²) in [5.41, 5.74) is 2.70. The quantitative estimate of drug-likeness (QED) is 0.631. The molecule has 1 aromatic heterocycles. The van der Waals surface area contributed by atoms with Crippen molar-refractivity contribution in [3.05, 3.63) is 46.5 Å². The molecule has 3 fully saturated rings. The van der Waals surface area contributed by atoms with Crippen molar-refractivity contribution in [1.82, 2.24) is 4.98 Å². The molecule has 2 aliphatic heterocycles. The fourth-order valence-electron chi connectivity index (χ4n) is 6.28. The Bertz CT molecular complexity index is 1060. The monoisotopic (exact) mass is 485 g/mol. The summed E-state index contributed by atoms with van der Waals surface area (Å²) in [6.45, 7) is 2.21. The first-order chi connectivity index (χ1) is 16.0. The predicted molar refractivity (Wildman–Crippen MR) is 134 cm³/mol. The van der Waals surface area contributed by atoms with E-state index in [1.165, 1.54) is 36.8 Å². The molecule has 6 rings (SSSR count). The van der Waals surface area contributed by atoms with Crippen molar-refractivity contribution >= 4 is 34.0 Å². The number of benzene rings is 1. The van der Waals surface area contributed by atoms with Gasteiger partial charge in [-0.2, -0.15) is 0 Å². The zero-order valence-corrected chi connectivity index (χ0v) is 20.6. The fraction of sp³-hybridized carbons (Fsp3) is 0.577. The lowest BCUT2D eigenvalue weighted by Crippen LogP contribution is -2.58. The number of aliphatic hydroxyl groups is 1. The Kier molecular flexibility index (Phi) is 5.46. The fourth-order valence-corrected chi connectivity index (χ4v) is 7.78. The highest BCUT2D eigenvalue weighted by Gasteiger charge is 2.46. The molecule has 1 atom stereocenters. The highest BCUT2D eigenvalue weighted by Crippen LogP contribution is 2.50. The number of hydrogen-bond acceptors (Lipinski definition) is 5. The Morgan fingerprint density at radius 1 is 1.15 bits per heavy atom. The lowest BCUT2D eigenvalue weighted by molar-refractivity contribution is 0.127. The molecule has 0 bridgehead atoms. The van der Waals surface area contributed by atoms with Gasteiger partial charge in [-0.3, -0.25) is 4.21 Å². The molecule has 5 nitrogen and oxygen atoms in total. The van der Waals surface area contributed by atoms with E-state index >= 15 is 0 Å². The van der Waals surface area contributed by atoms with Crippen molar-refractivity contribution in [3.8, 4) is 0 Å². The van der Waals surface area contributed by atoms with Crippen LogP contribution in [0, 0.1) is 5.41 Å². The van der Waals surface area contributed by atoms with Crippen LogP contribution in [0.5, 0.6) is 0 Å². The van der Waals surface area contributed by atoms with Crippen LogP contribution in [-0.2, 0) is 17.2 Å². The minimum Gasteiger partial charge on any atom is -0.394 e. The topological polar surface area (TPSA) is 65.5 Å². The second-order valence-corrected chi connectivity index (χ2v) is 12.7. The molecule has 1 saturated heterocycles. The van der Waals surface area contributed by atoms with E-state index in [1.54, 1.807) is 0 Å². The largest absolute Gasteiger partial charge is 0.394 e. The number of halogens is 1. The first-order valence-electron chi connectivity index (χ1n) is 12.3. The molecule has 2 N–H and O–H groups in total. The Labute approximate surface area is 203 Å². The smallest absolute Gasteiger partial charge is 0.145 e. The molecule has 4 aliphatic rings. The third kappa shape index (κ3) is 3.88. The van der Waals surface area contributed by atoms with Crippen LogP contribution in [0.4, 0.5) is 11.6 Å². The Morgan fingerprint density at radius 3 is 2.52 bits per heavy atom. The molecule has 2 aliphatic carbocycles. The maximum Gasteiger partial charge on any atom is 0.145 e. The number of nitrogens with zero attached hydrogens (tertiary/aromatic N) is 2. The van der Waals surface area contributed by atoms with E-state index in [1.807, 2.05) is 12.1 Å². The van der Waals surface area contributed by atoms with Crippen LogP contribution in [0.2, 0.25) is 5.02 Å². The molecular formula is C26H32ClN3O2S. The zero-order valence-electron chi connectivity index (χ0n) is 19.0. The van der Waals surface area contributed by atoms with Crippen LogP contribution in [-0.4, -0.2) is 45.3 Å². The SMILES string of the molecule is O=[S@]1CCc2cc(N3CC4(CCC(c5ccc(Cl)cc5)CC4)C3)nc(NC3(CO)CCC3)c21. The Balaban J connectivity index is 1.16. The van der Waals surface area contributed by atoms with Gasteiger partial charge in [0.25, 0.3) is 0 Å². The number of aryl methyl sites for hydroxylation is 1. The van der Waals surface area contributed by atoms with E-state index < -0.39 is 10.8 Å². The number of aromatic nitrogens is 1. The van der Waals surface area contributed by atoms with Gasteiger partial charge in [0, 0.05) is 29.3 Å². The highest BCUT2D eigenvalue weighted by molar-refractivity contribution is 7.85. The summed E-state index contributed by atoms with van der Waals surface area (Å²) in [6, 6.07) is 10.6. The van der Waals surface area contributed by atoms with Crippen LogP contribution in [0.1, 0.15) is 62.0 Å². The van der Waals surface area contributed by atoms with Crippen LogP contribution < -0.4 is 10.2 Å². The number of fused-ring (bicyclic) bond motifs is 1. The third-order valence-electron chi connectivity index (χ3n) is 8.58. The average Bonchev–Trinajstić information content (AvgIpc) is 3.16. The number of anilines is 2. The van der Waals surface area contributed by atoms with Crippen LogP contribution >= 0.6 is 11.6 Å². The van der Waals surface area contributed by atoms with Gasteiger partial charge in [-0.1, -0.05) is 23.7 Å². The van der Waals surface area contributed by atoms with Crippen molar-refractivity contribution in [2.75, 3.05) is 35.7 Å². The van der Waals surface area contributed by atoms with Crippen molar-refractivity contribution < 1.29 is 9.32 Å².